The highest BCUT2D eigenvalue weighted by atomic mass is 19.1. The van der Waals surface area contributed by atoms with Crippen LogP contribution in [-0.2, 0) is 11.3 Å². The maximum Gasteiger partial charge on any atom is 0.304 e. The molecule has 0 aromatic heterocycles. The molecule has 0 bridgehead atoms. The number of halogens is 1. The average molecular weight is 282 g/mol. The molecule has 1 atom stereocenters. The molecule has 0 aliphatic carbocycles. The minimum atomic E-state index is -0.776. The molecule has 0 amide bonds. The molecule has 0 spiro atoms. The van der Waals surface area contributed by atoms with Crippen molar-refractivity contribution in [1.82, 2.24) is 4.90 Å². The maximum atomic E-state index is 13.5. The molecule has 2 rings (SSSR count). The van der Waals surface area contributed by atoms with Gasteiger partial charge in [-0.2, -0.15) is 4.39 Å². The van der Waals surface area contributed by atoms with E-state index in [1.165, 1.54) is 12.1 Å². The zero-order valence-electron chi connectivity index (χ0n) is 11.5. The van der Waals surface area contributed by atoms with Crippen molar-refractivity contribution < 1.29 is 14.1 Å². The van der Waals surface area contributed by atoms with Gasteiger partial charge in [0.15, 0.2) is 0 Å². The lowest BCUT2D eigenvalue weighted by atomic mass is 10.0. The first-order valence-corrected chi connectivity index (χ1v) is 6.75. The van der Waals surface area contributed by atoms with Crippen LogP contribution in [0.5, 0.6) is 0 Å². The van der Waals surface area contributed by atoms with E-state index in [4.69, 9.17) is 4.74 Å². The SMILES string of the molecule is CN(Cc1ccc([N+](=O)[O-])c(F)c1)CC1CCCOC1. The summed E-state index contributed by atoms with van der Waals surface area (Å²) in [4.78, 5) is 12.0. The van der Waals surface area contributed by atoms with Crippen LogP contribution >= 0.6 is 0 Å². The lowest BCUT2D eigenvalue weighted by molar-refractivity contribution is -0.387. The van der Waals surface area contributed by atoms with Gasteiger partial charge in [0.25, 0.3) is 0 Å². The topological polar surface area (TPSA) is 55.6 Å². The highest BCUT2D eigenvalue weighted by molar-refractivity contribution is 5.34. The van der Waals surface area contributed by atoms with Gasteiger partial charge in [-0.3, -0.25) is 10.1 Å². The van der Waals surface area contributed by atoms with E-state index in [9.17, 15) is 14.5 Å². The minimum Gasteiger partial charge on any atom is -0.381 e. The number of nitro groups is 1. The predicted molar refractivity (Wildman–Crippen MR) is 72.9 cm³/mol. The second kappa shape index (κ2) is 6.76. The molecule has 1 unspecified atom stereocenters. The third-order valence-electron chi connectivity index (χ3n) is 3.49. The molecule has 1 aromatic rings. The quantitative estimate of drug-likeness (QED) is 0.615. The van der Waals surface area contributed by atoms with Crippen molar-refractivity contribution in [3.05, 3.63) is 39.7 Å². The maximum absolute atomic E-state index is 13.5. The molecule has 0 saturated carbocycles. The summed E-state index contributed by atoms with van der Waals surface area (Å²) in [6.07, 6.45) is 2.24. The Morgan fingerprint density at radius 1 is 1.55 bits per heavy atom. The van der Waals surface area contributed by atoms with Gasteiger partial charge in [-0.15, -0.1) is 0 Å². The smallest absolute Gasteiger partial charge is 0.304 e. The first-order valence-electron chi connectivity index (χ1n) is 6.75. The van der Waals surface area contributed by atoms with E-state index >= 15 is 0 Å². The van der Waals surface area contributed by atoms with Crippen LogP contribution in [0.3, 0.4) is 0 Å². The van der Waals surface area contributed by atoms with Crippen molar-refractivity contribution in [2.45, 2.75) is 19.4 Å². The first-order chi connectivity index (χ1) is 9.56. The Balaban J connectivity index is 1.92. The molecule has 1 aliphatic heterocycles. The van der Waals surface area contributed by atoms with Gasteiger partial charge in [-0.25, -0.2) is 0 Å². The van der Waals surface area contributed by atoms with Crippen molar-refractivity contribution in [3.63, 3.8) is 0 Å². The normalized spacial score (nSPS) is 19.2. The van der Waals surface area contributed by atoms with Crippen molar-refractivity contribution in [2.75, 3.05) is 26.8 Å². The van der Waals surface area contributed by atoms with Gasteiger partial charge in [-0.05, 0) is 37.4 Å². The van der Waals surface area contributed by atoms with E-state index in [2.05, 4.69) is 4.90 Å². The Kier molecular flexibility index (Phi) is 5.03. The van der Waals surface area contributed by atoms with Crippen LogP contribution in [0.4, 0.5) is 10.1 Å². The highest BCUT2D eigenvalue weighted by Crippen LogP contribution is 2.20. The number of benzene rings is 1. The number of nitrogens with zero attached hydrogens (tertiary/aromatic N) is 2. The Labute approximate surface area is 117 Å². The Morgan fingerprint density at radius 2 is 2.35 bits per heavy atom. The Morgan fingerprint density at radius 3 is 2.95 bits per heavy atom. The molecular weight excluding hydrogens is 263 g/mol. The van der Waals surface area contributed by atoms with Gasteiger partial charge >= 0.3 is 5.69 Å². The number of hydrogen-bond donors (Lipinski definition) is 0. The fourth-order valence-corrected chi connectivity index (χ4v) is 2.57. The van der Waals surface area contributed by atoms with Crippen molar-refractivity contribution in [1.29, 1.82) is 0 Å². The average Bonchev–Trinajstić information content (AvgIpc) is 2.39. The summed E-state index contributed by atoms with van der Waals surface area (Å²) in [5.41, 5.74) is 0.268. The van der Waals surface area contributed by atoms with Gasteiger partial charge in [0.2, 0.25) is 5.82 Å². The number of rotatable bonds is 5. The molecule has 1 fully saturated rings. The standard InChI is InChI=1S/C14H19FN2O3/c1-16(9-12-3-2-6-20-10-12)8-11-4-5-14(17(18)19)13(15)7-11/h4-5,7,12H,2-3,6,8-10H2,1H3. The molecule has 1 aromatic carbocycles. The summed E-state index contributed by atoms with van der Waals surface area (Å²) < 4.78 is 19.0. The van der Waals surface area contributed by atoms with Crippen LogP contribution in [0, 0.1) is 21.8 Å². The van der Waals surface area contributed by atoms with E-state index in [1.54, 1.807) is 6.07 Å². The molecule has 0 N–H and O–H groups in total. The third-order valence-corrected chi connectivity index (χ3v) is 3.49. The van der Waals surface area contributed by atoms with Gasteiger partial charge in [0, 0.05) is 25.8 Å². The predicted octanol–water partition coefficient (Wildman–Crippen LogP) is 2.59. The molecule has 1 heterocycles. The summed E-state index contributed by atoms with van der Waals surface area (Å²) in [5.74, 6) is -0.265. The van der Waals surface area contributed by atoms with Crippen molar-refractivity contribution in [3.8, 4) is 0 Å². The molecule has 1 saturated heterocycles. The summed E-state index contributed by atoms with van der Waals surface area (Å²) >= 11 is 0. The number of hydrogen-bond acceptors (Lipinski definition) is 4. The molecule has 0 radical (unpaired) electrons. The third kappa shape index (κ3) is 3.98. The van der Waals surface area contributed by atoms with Crippen LogP contribution < -0.4 is 0 Å². The van der Waals surface area contributed by atoms with Gasteiger partial charge in [0.1, 0.15) is 0 Å². The molecule has 20 heavy (non-hydrogen) atoms. The lowest BCUT2D eigenvalue weighted by Crippen LogP contribution is -2.30. The van der Waals surface area contributed by atoms with Gasteiger partial charge in [0.05, 0.1) is 11.5 Å². The van der Waals surface area contributed by atoms with Gasteiger partial charge in [-0.1, -0.05) is 6.07 Å². The molecular formula is C14H19FN2O3. The van der Waals surface area contributed by atoms with Crippen LogP contribution in [0.1, 0.15) is 18.4 Å². The highest BCUT2D eigenvalue weighted by Gasteiger charge is 2.17. The number of nitro benzene ring substituents is 1. The van der Waals surface area contributed by atoms with E-state index in [-0.39, 0.29) is 0 Å². The van der Waals surface area contributed by atoms with Crippen molar-refractivity contribution >= 4 is 5.69 Å². The first kappa shape index (κ1) is 14.9. The van der Waals surface area contributed by atoms with Crippen LogP contribution in [0.2, 0.25) is 0 Å². The van der Waals surface area contributed by atoms with E-state index in [0.29, 0.717) is 12.5 Å². The summed E-state index contributed by atoms with van der Waals surface area (Å²) in [6.45, 7) is 3.08. The van der Waals surface area contributed by atoms with Crippen LogP contribution in [-0.4, -0.2) is 36.6 Å². The second-order valence-corrected chi connectivity index (χ2v) is 5.32. The number of ether oxygens (including phenoxy) is 1. The molecule has 5 nitrogen and oxygen atoms in total. The largest absolute Gasteiger partial charge is 0.381 e. The Bertz CT molecular complexity index is 475. The summed E-state index contributed by atoms with van der Waals surface area (Å²) in [7, 11) is 1.97. The fraction of sp³-hybridized carbons (Fsp3) is 0.571. The van der Waals surface area contributed by atoms with Crippen LogP contribution in [0.15, 0.2) is 18.2 Å². The van der Waals surface area contributed by atoms with E-state index in [0.717, 1.165) is 38.2 Å². The monoisotopic (exact) mass is 282 g/mol. The molecule has 110 valence electrons. The lowest BCUT2D eigenvalue weighted by Gasteiger charge is -2.27. The fourth-order valence-electron chi connectivity index (χ4n) is 2.57. The molecule has 6 heteroatoms. The van der Waals surface area contributed by atoms with E-state index in [1.807, 2.05) is 7.05 Å². The van der Waals surface area contributed by atoms with E-state index < -0.39 is 16.4 Å². The molecule has 1 aliphatic rings. The summed E-state index contributed by atoms with van der Waals surface area (Å²) in [5, 5.41) is 10.6. The zero-order valence-corrected chi connectivity index (χ0v) is 11.5. The van der Waals surface area contributed by atoms with Crippen molar-refractivity contribution in [2.24, 2.45) is 5.92 Å². The minimum absolute atomic E-state index is 0.475. The van der Waals surface area contributed by atoms with Crippen LogP contribution in [0.25, 0.3) is 0 Å². The Hall–Kier alpha value is -1.53. The summed E-state index contributed by atoms with van der Waals surface area (Å²) in [6, 6.07) is 4.07. The van der Waals surface area contributed by atoms with Gasteiger partial charge < -0.3 is 9.64 Å². The zero-order chi connectivity index (χ0) is 14.5. The second-order valence-electron chi connectivity index (χ2n) is 5.32.